The fourth-order valence-electron chi connectivity index (χ4n) is 4.15. The van der Waals surface area contributed by atoms with E-state index >= 15 is 0 Å². The summed E-state index contributed by atoms with van der Waals surface area (Å²) in [5.41, 5.74) is 2.56. The molecule has 0 radical (unpaired) electrons. The molecular weight excluding hydrogens is 330 g/mol. The first-order valence-corrected chi connectivity index (χ1v) is 9.27. The van der Waals surface area contributed by atoms with Crippen molar-refractivity contribution in [1.82, 2.24) is 14.7 Å². The lowest BCUT2D eigenvalue weighted by atomic mass is 9.93. The molecule has 1 aromatic heterocycles. The molecule has 0 atom stereocenters. The van der Waals surface area contributed by atoms with Crippen molar-refractivity contribution in [1.29, 1.82) is 0 Å². The number of likely N-dealkylation sites (tertiary alicyclic amines) is 1. The van der Waals surface area contributed by atoms with E-state index in [0.29, 0.717) is 30.5 Å². The summed E-state index contributed by atoms with van der Waals surface area (Å²) in [6.07, 6.45) is 3.61. The van der Waals surface area contributed by atoms with Crippen LogP contribution in [0.1, 0.15) is 63.8 Å². The average Bonchev–Trinajstić information content (AvgIpc) is 3.05. The van der Waals surface area contributed by atoms with E-state index in [1.54, 1.807) is 4.68 Å². The number of Topliss-reactive ketones (excluding diaryl/α,β-unsaturated/α-hetero) is 1. The van der Waals surface area contributed by atoms with Gasteiger partial charge in [0.2, 0.25) is 0 Å². The Balaban J connectivity index is 1.51. The number of aromatic carboxylic acids is 1. The second-order valence-electron chi connectivity index (χ2n) is 7.20. The zero-order valence-corrected chi connectivity index (χ0v) is 14.7. The molecule has 6 heteroatoms. The summed E-state index contributed by atoms with van der Waals surface area (Å²) in [4.78, 5) is 26.4. The molecule has 1 saturated heterocycles. The largest absolute Gasteiger partial charge is 0.476 e. The average molecular weight is 353 g/mol. The summed E-state index contributed by atoms with van der Waals surface area (Å²) in [7, 11) is 0. The SMILES string of the molecule is O=C(O)c1nn(C2CCN(Cc3ccccc3)CC2)c2c1CCCC2=O. The van der Waals surface area contributed by atoms with Crippen molar-refractivity contribution in [2.75, 3.05) is 13.1 Å². The number of piperidine rings is 1. The van der Waals surface area contributed by atoms with Gasteiger partial charge in [-0.3, -0.25) is 14.4 Å². The lowest BCUT2D eigenvalue weighted by Gasteiger charge is -2.33. The van der Waals surface area contributed by atoms with E-state index in [0.717, 1.165) is 32.5 Å². The van der Waals surface area contributed by atoms with Crippen molar-refractivity contribution in [3.63, 3.8) is 0 Å². The second-order valence-corrected chi connectivity index (χ2v) is 7.20. The lowest BCUT2D eigenvalue weighted by molar-refractivity contribution is 0.0687. The Hall–Kier alpha value is -2.47. The minimum atomic E-state index is -1.03. The molecule has 0 bridgehead atoms. The number of fused-ring (bicyclic) bond motifs is 1. The summed E-state index contributed by atoms with van der Waals surface area (Å²) in [6, 6.07) is 10.5. The van der Waals surface area contributed by atoms with Crippen molar-refractivity contribution in [3.8, 4) is 0 Å². The van der Waals surface area contributed by atoms with Gasteiger partial charge in [0.1, 0.15) is 5.69 Å². The summed E-state index contributed by atoms with van der Waals surface area (Å²) >= 11 is 0. The first-order chi connectivity index (χ1) is 12.6. The van der Waals surface area contributed by atoms with E-state index < -0.39 is 5.97 Å². The molecule has 1 fully saturated rings. The van der Waals surface area contributed by atoms with Crippen LogP contribution in [0.2, 0.25) is 0 Å². The third kappa shape index (κ3) is 3.17. The number of nitrogens with zero attached hydrogens (tertiary/aromatic N) is 3. The fraction of sp³-hybridized carbons (Fsp3) is 0.450. The van der Waals surface area contributed by atoms with Crippen LogP contribution in [0.15, 0.2) is 30.3 Å². The van der Waals surface area contributed by atoms with Gasteiger partial charge >= 0.3 is 5.97 Å². The van der Waals surface area contributed by atoms with Crippen LogP contribution in [0.4, 0.5) is 0 Å². The summed E-state index contributed by atoms with van der Waals surface area (Å²) in [6.45, 7) is 2.76. The molecule has 26 heavy (non-hydrogen) atoms. The lowest BCUT2D eigenvalue weighted by Crippen LogP contribution is -2.35. The maximum Gasteiger partial charge on any atom is 0.356 e. The van der Waals surface area contributed by atoms with Crippen LogP contribution in [0.5, 0.6) is 0 Å². The predicted molar refractivity (Wildman–Crippen MR) is 96.4 cm³/mol. The van der Waals surface area contributed by atoms with E-state index in [-0.39, 0.29) is 17.5 Å². The van der Waals surface area contributed by atoms with Crippen molar-refractivity contribution < 1.29 is 14.7 Å². The zero-order valence-electron chi connectivity index (χ0n) is 14.7. The number of ketones is 1. The summed E-state index contributed by atoms with van der Waals surface area (Å²) in [5, 5.41) is 13.8. The van der Waals surface area contributed by atoms with E-state index in [1.807, 2.05) is 6.07 Å². The van der Waals surface area contributed by atoms with Crippen LogP contribution in [0.25, 0.3) is 0 Å². The van der Waals surface area contributed by atoms with E-state index in [1.165, 1.54) is 5.56 Å². The predicted octanol–water partition coefficient (Wildman–Crippen LogP) is 2.94. The number of hydrogen-bond acceptors (Lipinski definition) is 4. The number of hydrogen-bond donors (Lipinski definition) is 1. The zero-order chi connectivity index (χ0) is 18.1. The molecular formula is C20H23N3O3. The summed E-state index contributed by atoms with van der Waals surface area (Å²) in [5.74, 6) is -0.992. The molecule has 0 unspecified atom stereocenters. The maximum absolute atomic E-state index is 12.4. The second kappa shape index (κ2) is 7.03. The van der Waals surface area contributed by atoms with Gasteiger partial charge in [0.05, 0.1) is 6.04 Å². The monoisotopic (exact) mass is 353 g/mol. The van der Waals surface area contributed by atoms with Gasteiger partial charge in [-0.25, -0.2) is 4.79 Å². The van der Waals surface area contributed by atoms with E-state index in [4.69, 9.17) is 0 Å². The highest BCUT2D eigenvalue weighted by atomic mass is 16.4. The van der Waals surface area contributed by atoms with Gasteiger partial charge in [-0.15, -0.1) is 0 Å². The van der Waals surface area contributed by atoms with Gasteiger partial charge in [-0.1, -0.05) is 30.3 Å². The Bertz CT molecular complexity index is 820. The molecule has 0 saturated carbocycles. The maximum atomic E-state index is 12.4. The Morgan fingerprint density at radius 1 is 1.15 bits per heavy atom. The van der Waals surface area contributed by atoms with Gasteiger partial charge in [0.15, 0.2) is 11.5 Å². The van der Waals surface area contributed by atoms with Crippen molar-refractivity contribution in [3.05, 3.63) is 52.8 Å². The third-order valence-electron chi connectivity index (χ3n) is 5.46. The molecule has 0 spiro atoms. The molecule has 1 aromatic carbocycles. The first kappa shape index (κ1) is 17.0. The smallest absolute Gasteiger partial charge is 0.356 e. The molecule has 6 nitrogen and oxygen atoms in total. The molecule has 2 aromatic rings. The molecule has 1 N–H and O–H groups in total. The van der Waals surface area contributed by atoms with Crippen LogP contribution in [-0.2, 0) is 13.0 Å². The molecule has 1 aliphatic heterocycles. The van der Waals surface area contributed by atoms with Crippen molar-refractivity contribution in [2.45, 2.75) is 44.7 Å². The minimum Gasteiger partial charge on any atom is -0.476 e. The highest BCUT2D eigenvalue weighted by molar-refractivity contribution is 6.00. The topological polar surface area (TPSA) is 75.4 Å². The Labute approximate surface area is 152 Å². The Morgan fingerprint density at radius 3 is 2.58 bits per heavy atom. The Kier molecular flexibility index (Phi) is 4.59. The number of benzene rings is 1. The van der Waals surface area contributed by atoms with Crippen molar-refractivity contribution >= 4 is 11.8 Å². The number of aromatic nitrogens is 2. The summed E-state index contributed by atoms with van der Waals surface area (Å²) < 4.78 is 1.74. The van der Waals surface area contributed by atoms with E-state index in [9.17, 15) is 14.7 Å². The van der Waals surface area contributed by atoms with Gasteiger partial charge in [0, 0.05) is 31.6 Å². The first-order valence-electron chi connectivity index (χ1n) is 9.27. The number of rotatable bonds is 4. The van der Waals surface area contributed by atoms with Gasteiger partial charge in [-0.05, 0) is 31.2 Å². The molecule has 2 heterocycles. The van der Waals surface area contributed by atoms with Crippen LogP contribution in [0.3, 0.4) is 0 Å². The third-order valence-corrected chi connectivity index (χ3v) is 5.46. The number of carboxylic acids is 1. The molecule has 4 rings (SSSR count). The van der Waals surface area contributed by atoms with Crippen LogP contribution < -0.4 is 0 Å². The Morgan fingerprint density at radius 2 is 1.88 bits per heavy atom. The molecule has 2 aliphatic rings. The molecule has 136 valence electrons. The number of carboxylic acid groups (broad SMARTS) is 1. The number of carbonyl (C=O) groups excluding carboxylic acids is 1. The highest BCUT2D eigenvalue weighted by Crippen LogP contribution is 2.31. The van der Waals surface area contributed by atoms with Crippen LogP contribution in [0, 0.1) is 0 Å². The van der Waals surface area contributed by atoms with Gasteiger partial charge in [0.25, 0.3) is 0 Å². The van der Waals surface area contributed by atoms with Gasteiger partial charge < -0.3 is 5.11 Å². The van der Waals surface area contributed by atoms with E-state index in [2.05, 4.69) is 34.3 Å². The van der Waals surface area contributed by atoms with Gasteiger partial charge in [-0.2, -0.15) is 5.10 Å². The van der Waals surface area contributed by atoms with Crippen molar-refractivity contribution in [2.24, 2.45) is 0 Å². The highest BCUT2D eigenvalue weighted by Gasteiger charge is 2.33. The molecule has 1 aliphatic carbocycles. The van der Waals surface area contributed by atoms with Crippen LogP contribution >= 0.6 is 0 Å². The minimum absolute atomic E-state index is 0.0398. The standard InChI is InChI=1S/C20H23N3O3/c24-17-8-4-7-16-18(20(25)26)21-23(19(16)17)15-9-11-22(12-10-15)13-14-5-2-1-3-6-14/h1-3,5-6,15H,4,7-13H2,(H,25,26). The fourth-order valence-corrected chi connectivity index (χ4v) is 4.15. The normalized spacial score (nSPS) is 18.7. The molecule has 0 amide bonds. The van der Waals surface area contributed by atoms with Crippen LogP contribution in [-0.4, -0.2) is 44.6 Å². The quantitative estimate of drug-likeness (QED) is 0.915. The number of carbonyl (C=O) groups is 2.